The summed E-state index contributed by atoms with van der Waals surface area (Å²) in [6.45, 7) is 7.28. The van der Waals surface area contributed by atoms with Crippen molar-refractivity contribution in [2.24, 2.45) is 0 Å². The number of carbonyl (C=O) groups is 1. The van der Waals surface area contributed by atoms with Crippen LogP contribution in [0.1, 0.15) is 45.1 Å². The summed E-state index contributed by atoms with van der Waals surface area (Å²) in [6.07, 6.45) is 2.07. The Balaban J connectivity index is 1.95. The number of rotatable bonds is 9. The van der Waals surface area contributed by atoms with Crippen molar-refractivity contribution in [1.29, 1.82) is 0 Å². The molecule has 0 aliphatic rings. The number of nitrogens with one attached hydrogen (secondary N) is 2. The molecule has 0 saturated heterocycles. The first-order valence-electron chi connectivity index (χ1n) is 8.96. The van der Waals surface area contributed by atoms with E-state index in [0.29, 0.717) is 24.0 Å². The maximum absolute atomic E-state index is 12.3. The van der Waals surface area contributed by atoms with Crippen molar-refractivity contribution >= 4 is 17.3 Å². The Morgan fingerprint density at radius 1 is 1.04 bits per heavy atom. The zero-order valence-corrected chi connectivity index (χ0v) is 15.3. The predicted molar refractivity (Wildman–Crippen MR) is 104 cm³/mol. The highest BCUT2D eigenvalue weighted by molar-refractivity contribution is 5.95. The van der Waals surface area contributed by atoms with Crippen LogP contribution in [0.25, 0.3) is 0 Å². The van der Waals surface area contributed by atoms with E-state index in [1.807, 2.05) is 42.5 Å². The molecule has 0 saturated carbocycles. The van der Waals surface area contributed by atoms with E-state index in [2.05, 4.69) is 37.5 Å². The second-order valence-electron chi connectivity index (χ2n) is 6.34. The van der Waals surface area contributed by atoms with Crippen LogP contribution >= 0.6 is 0 Å². The van der Waals surface area contributed by atoms with Crippen LogP contribution < -0.4 is 15.4 Å². The van der Waals surface area contributed by atoms with E-state index in [0.717, 1.165) is 18.5 Å². The van der Waals surface area contributed by atoms with E-state index in [-0.39, 0.29) is 12.5 Å². The van der Waals surface area contributed by atoms with E-state index >= 15 is 0 Å². The Morgan fingerprint density at radius 3 is 2.44 bits per heavy atom. The Bertz CT molecular complexity index is 683. The summed E-state index contributed by atoms with van der Waals surface area (Å²) < 4.78 is 5.76. The minimum absolute atomic E-state index is 0.0925. The van der Waals surface area contributed by atoms with Crippen molar-refractivity contribution in [1.82, 2.24) is 0 Å². The number of para-hydroxylation sites is 3. The largest absolute Gasteiger partial charge is 0.491 e. The summed E-state index contributed by atoms with van der Waals surface area (Å²) in [4.78, 5) is 12.3. The molecule has 134 valence electrons. The van der Waals surface area contributed by atoms with Gasteiger partial charge in [0.2, 0.25) is 5.91 Å². The third kappa shape index (κ3) is 5.82. The molecule has 2 rings (SSSR count). The fourth-order valence-electron chi connectivity index (χ4n) is 2.55. The highest BCUT2D eigenvalue weighted by Crippen LogP contribution is 2.25. The maximum Gasteiger partial charge on any atom is 0.243 e. The zero-order valence-electron chi connectivity index (χ0n) is 15.3. The van der Waals surface area contributed by atoms with Gasteiger partial charge in [0.05, 0.1) is 18.8 Å². The number of anilines is 2. The molecule has 2 N–H and O–H groups in total. The van der Waals surface area contributed by atoms with Crippen molar-refractivity contribution in [2.75, 3.05) is 23.8 Å². The second kappa shape index (κ2) is 9.72. The molecule has 0 aromatic heterocycles. The molecule has 0 aliphatic carbocycles. The van der Waals surface area contributed by atoms with Crippen LogP contribution in [0.4, 0.5) is 11.4 Å². The molecule has 2 aromatic carbocycles. The Morgan fingerprint density at radius 2 is 1.72 bits per heavy atom. The van der Waals surface area contributed by atoms with Gasteiger partial charge in [-0.15, -0.1) is 0 Å². The smallest absolute Gasteiger partial charge is 0.243 e. The lowest BCUT2D eigenvalue weighted by atomic mass is 10.0. The van der Waals surface area contributed by atoms with Gasteiger partial charge in [0.25, 0.3) is 0 Å². The van der Waals surface area contributed by atoms with E-state index in [1.54, 1.807) is 0 Å². The molecule has 0 unspecified atom stereocenters. The first-order valence-corrected chi connectivity index (χ1v) is 8.96. The number of hydrogen-bond acceptors (Lipinski definition) is 3. The lowest BCUT2D eigenvalue weighted by molar-refractivity contribution is -0.114. The molecule has 0 radical (unpaired) electrons. The molecule has 0 aliphatic heterocycles. The van der Waals surface area contributed by atoms with E-state index < -0.39 is 0 Å². The SMILES string of the molecule is CCCCOc1ccccc1NC(=O)CNc1ccccc1C(C)C. The molecular weight excluding hydrogens is 312 g/mol. The number of ether oxygens (including phenoxy) is 1. The maximum atomic E-state index is 12.3. The van der Waals surface area contributed by atoms with Crippen molar-refractivity contribution < 1.29 is 9.53 Å². The minimum Gasteiger partial charge on any atom is -0.491 e. The fourth-order valence-corrected chi connectivity index (χ4v) is 2.55. The summed E-state index contributed by atoms with van der Waals surface area (Å²) >= 11 is 0. The van der Waals surface area contributed by atoms with Crippen molar-refractivity contribution in [3.05, 3.63) is 54.1 Å². The number of benzene rings is 2. The zero-order chi connectivity index (χ0) is 18.1. The summed E-state index contributed by atoms with van der Waals surface area (Å²) in [7, 11) is 0. The van der Waals surface area contributed by atoms with Gasteiger partial charge in [-0.25, -0.2) is 0 Å². The fraction of sp³-hybridized carbons (Fsp3) is 0.381. The van der Waals surface area contributed by atoms with Gasteiger partial charge >= 0.3 is 0 Å². The Hall–Kier alpha value is -2.49. The molecule has 2 aromatic rings. The van der Waals surface area contributed by atoms with Gasteiger partial charge in [0.1, 0.15) is 5.75 Å². The Kier molecular flexibility index (Phi) is 7.33. The number of unbranched alkanes of at least 4 members (excludes halogenated alkanes) is 1. The quantitative estimate of drug-likeness (QED) is 0.629. The van der Waals surface area contributed by atoms with Gasteiger partial charge in [-0.2, -0.15) is 0 Å². The molecule has 0 bridgehead atoms. The lowest BCUT2D eigenvalue weighted by Crippen LogP contribution is -2.22. The van der Waals surface area contributed by atoms with Crippen molar-refractivity contribution in [3.63, 3.8) is 0 Å². The highest BCUT2D eigenvalue weighted by atomic mass is 16.5. The summed E-state index contributed by atoms with van der Waals surface area (Å²) in [5.74, 6) is 1.02. The molecule has 4 nitrogen and oxygen atoms in total. The monoisotopic (exact) mass is 340 g/mol. The van der Waals surface area contributed by atoms with Crippen LogP contribution in [-0.2, 0) is 4.79 Å². The Labute approximate surface area is 150 Å². The second-order valence-corrected chi connectivity index (χ2v) is 6.34. The molecule has 0 atom stereocenters. The summed E-state index contributed by atoms with van der Waals surface area (Å²) in [5.41, 5.74) is 2.92. The van der Waals surface area contributed by atoms with Crippen LogP contribution in [0.15, 0.2) is 48.5 Å². The molecule has 0 fully saturated rings. The van der Waals surface area contributed by atoms with E-state index in [1.165, 1.54) is 5.56 Å². The van der Waals surface area contributed by atoms with Crippen LogP contribution in [0, 0.1) is 0 Å². The van der Waals surface area contributed by atoms with Gasteiger partial charge in [-0.05, 0) is 36.1 Å². The summed E-state index contributed by atoms with van der Waals surface area (Å²) in [6, 6.07) is 15.6. The van der Waals surface area contributed by atoms with Crippen LogP contribution in [0.2, 0.25) is 0 Å². The van der Waals surface area contributed by atoms with Crippen LogP contribution in [0.5, 0.6) is 5.75 Å². The molecule has 25 heavy (non-hydrogen) atoms. The average molecular weight is 340 g/mol. The lowest BCUT2D eigenvalue weighted by Gasteiger charge is -2.15. The van der Waals surface area contributed by atoms with Gasteiger partial charge in [-0.3, -0.25) is 4.79 Å². The molecule has 0 spiro atoms. The molecular formula is C21H28N2O2. The van der Waals surface area contributed by atoms with Gasteiger partial charge < -0.3 is 15.4 Å². The third-order valence-electron chi connectivity index (χ3n) is 3.94. The number of carbonyl (C=O) groups excluding carboxylic acids is 1. The van der Waals surface area contributed by atoms with E-state index in [9.17, 15) is 4.79 Å². The normalized spacial score (nSPS) is 10.6. The number of hydrogen-bond donors (Lipinski definition) is 2. The molecule has 0 heterocycles. The third-order valence-corrected chi connectivity index (χ3v) is 3.94. The van der Waals surface area contributed by atoms with Crippen LogP contribution in [-0.4, -0.2) is 19.1 Å². The average Bonchev–Trinajstić information content (AvgIpc) is 2.62. The standard InChI is InChI=1S/C21H28N2O2/c1-4-5-14-25-20-13-9-8-12-19(20)23-21(24)15-22-18-11-7-6-10-17(18)16(2)3/h6-13,16,22H,4-5,14-15H2,1-3H3,(H,23,24). The van der Waals surface area contributed by atoms with Gasteiger partial charge in [0.15, 0.2) is 0 Å². The summed E-state index contributed by atoms with van der Waals surface area (Å²) in [5, 5.41) is 6.16. The first kappa shape index (κ1) is 18.8. The number of amides is 1. The van der Waals surface area contributed by atoms with Gasteiger partial charge in [0, 0.05) is 5.69 Å². The predicted octanol–water partition coefficient (Wildman–Crippen LogP) is 5.04. The highest BCUT2D eigenvalue weighted by Gasteiger charge is 2.10. The molecule has 1 amide bonds. The first-order chi connectivity index (χ1) is 12.1. The van der Waals surface area contributed by atoms with Gasteiger partial charge in [-0.1, -0.05) is 57.5 Å². The van der Waals surface area contributed by atoms with Crippen LogP contribution in [0.3, 0.4) is 0 Å². The molecule has 4 heteroatoms. The topological polar surface area (TPSA) is 50.4 Å². The van der Waals surface area contributed by atoms with E-state index in [4.69, 9.17) is 4.74 Å². The minimum atomic E-state index is -0.0925. The van der Waals surface area contributed by atoms with Crippen molar-refractivity contribution in [3.8, 4) is 5.75 Å². The van der Waals surface area contributed by atoms with Crippen molar-refractivity contribution in [2.45, 2.75) is 39.5 Å².